The summed E-state index contributed by atoms with van der Waals surface area (Å²) in [5, 5.41) is 70.1. The number of alkyl halides is 9. The van der Waals surface area contributed by atoms with Gasteiger partial charge in [0.05, 0.1) is 42.1 Å². The van der Waals surface area contributed by atoms with E-state index in [1.165, 1.54) is 6.08 Å². The van der Waals surface area contributed by atoms with Crippen LogP contribution in [0.5, 0.6) is 0 Å². The maximum atomic E-state index is 12.6. The van der Waals surface area contributed by atoms with Gasteiger partial charge in [-0.1, -0.05) is 174 Å². The predicted octanol–water partition coefficient (Wildman–Crippen LogP) is 13.6. The second-order valence-corrected chi connectivity index (χ2v) is 30.5. The van der Waals surface area contributed by atoms with Crippen molar-refractivity contribution in [2.24, 2.45) is 40.3 Å². The van der Waals surface area contributed by atoms with Crippen molar-refractivity contribution in [3.05, 3.63) is 152 Å². The van der Waals surface area contributed by atoms with E-state index < -0.39 is 202 Å². The number of aliphatic hydroxyl groups excluding tert-OH is 3. The van der Waals surface area contributed by atoms with Crippen LogP contribution in [0.15, 0.2) is 157 Å². The monoisotopic (exact) mass is 1910 g/mol. The molecule has 5 aromatic carbocycles. The Morgan fingerprint density at radius 2 is 0.756 bits per heavy atom. The van der Waals surface area contributed by atoms with E-state index in [1.54, 1.807) is 225 Å². The van der Waals surface area contributed by atoms with Crippen molar-refractivity contribution < 1.29 is 157 Å². The maximum absolute atomic E-state index is 12.6. The lowest BCUT2D eigenvalue weighted by Crippen LogP contribution is -2.50. The predicted molar refractivity (Wildman–Crippen MR) is 473 cm³/mol. The Morgan fingerprint density at radius 3 is 0.992 bits per heavy atom. The average molecular weight is 1910 g/mol. The van der Waals surface area contributed by atoms with Crippen LogP contribution in [0.2, 0.25) is 0 Å². The molecule has 0 heterocycles. The van der Waals surface area contributed by atoms with Gasteiger partial charge in [-0.25, -0.2) is 51.1 Å². The number of aliphatic carboxylic acids is 3. The van der Waals surface area contributed by atoms with Crippen LogP contribution in [0.4, 0.5) is 78.3 Å². The molecule has 0 radical (unpaired) electrons. The molecule has 0 aromatic heterocycles. The standard InChI is InChI=1S/C17H21FN2O6.C17H25FN2O4.C17H23FN2O4.C12H15NO4.C9H18FNO3.C7H5NO.C5H10O3.C2HF3O.CH2Cl2/c1-10(2)15(26-17(25)19-11-6-4-3-5-7-11)16(24)20-12(8-14(22)23)13(21)9-18;2*1-4-13(14(21)10-18)20-16(22)15(11(2)3)24-17(23)19-12-8-6-5-7-9-12;1-8(2)10(11(14)15)17-12(16)13-9-6-4-3-5-7-9;1-9(2,3)14-8(13)4-6(11)7(12)5-10;9-6-8-7-4-2-1-3-5-7;1-3(2)4(6)5(7)8;3-2(4,5)1-6;2-1-3/h3-7,10,12,15H,8-9H2,1-2H3,(H,19,25)(H,20,24)(H,22,23);5-9,11,13-15,21H,4,10H2,1-3H3,(H,19,23)(H,20,22);5-9,11,13,15H,4,10H2,1-3H3,(H,19,23)(H,20,22);3-8,10H,1-2H3,(H,13,16)(H,14,15);6-7,12H,4-5,11H2,1-3H3;1-5H;3-4,6H,1-2H3,(H,7,8);1H;1H2/t12?,15-;13?,14?,15-;13?,15-;10-;;;4-;;/m0000..0../s1. The number of ketones is 2. The molecular weight excluding hydrogens is 1790 g/mol. The number of carbonyl (C=O) groups is 14. The van der Waals surface area contributed by atoms with Crippen molar-refractivity contribution in [3.8, 4) is 0 Å². The van der Waals surface area contributed by atoms with Gasteiger partial charge in [-0.2, -0.15) is 18.2 Å². The van der Waals surface area contributed by atoms with Crippen molar-refractivity contribution >= 4 is 142 Å². The molecule has 0 saturated heterocycles. The lowest BCUT2D eigenvalue weighted by molar-refractivity contribution is -0.156. The van der Waals surface area contributed by atoms with Crippen LogP contribution in [0.3, 0.4) is 0 Å². The van der Waals surface area contributed by atoms with Gasteiger partial charge in [-0.3, -0.25) is 59.6 Å². The zero-order valence-corrected chi connectivity index (χ0v) is 76.4. The minimum atomic E-state index is -4.64. The summed E-state index contributed by atoms with van der Waals surface area (Å²) in [7, 11) is 0. The third-order valence-electron chi connectivity index (χ3n) is 15.7. The normalized spacial score (nSPS) is 12.9. The van der Waals surface area contributed by atoms with E-state index in [0.29, 0.717) is 34.9 Å². The molecule has 5 aromatic rings. The molecule has 11 atom stereocenters. The number of ether oxygens (including phenoxy) is 5. The van der Waals surface area contributed by atoms with E-state index in [4.69, 9.17) is 82.9 Å². The number of rotatable bonds is 36. The number of Topliss-reactive ketones (excluding diaryl/α,β-unsaturated/α-hetero) is 2. The Labute approximate surface area is 764 Å². The van der Waals surface area contributed by atoms with E-state index in [0.717, 1.165) is 0 Å². The SMILES string of the molecule is CC(C)(C)OC(=O)CC(N)C(O)CF.CC(C)[C@H](O)C(=O)O.CC(C)[C@H](OC(=O)Nc1ccccc1)C(=O)NC(CC(=O)O)C(=O)CF.CC(C)[C@H](OC(=O)Nc1ccccc1)C(=O)O.CCC(NC(=O)[C@@H](OC(=O)Nc1ccccc1)C(C)C)C(=O)CF.CCC(NC(=O)[C@@H](OC(=O)Nc1ccccc1)C(C)C)C(O)CF.ClCCl.O=C=Nc1ccccc1.O=CC(F)(F)F. The highest BCUT2D eigenvalue weighted by atomic mass is 35.5. The Hall–Kier alpha value is -12.2. The largest absolute Gasteiger partial charge is 0.481 e. The van der Waals surface area contributed by atoms with E-state index in [-0.39, 0.29) is 41.9 Å². The molecule has 0 saturated carbocycles. The number of aliphatic hydroxyl groups is 3. The number of carbonyl (C=O) groups excluding carboxylic acids is 12. The molecule has 0 aliphatic carbocycles. The van der Waals surface area contributed by atoms with Gasteiger partial charge in [0.1, 0.15) is 44.4 Å². The third-order valence-corrected chi connectivity index (χ3v) is 15.7. The molecule has 0 fully saturated rings. The van der Waals surface area contributed by atoms with Crippen molar-refractivity contribution in [3.63, 3.8) is 0 Å². The van der Waals surface area contributed by atoms with Gasteiger partial charge < -0.3 is 76.0 Å². The Bertz CT molecular complexity index is 4200. The first kappa shape index (κ1) is 125. The topological polar surface area (TPSA) is 546 Å². The number of amides is 7. The summed E-state index contributed by atoms with van der Waals surface area (Å²) < 4.78 is 106. The number of isocyanates is 1. The number of aliphatic imine (C=N–C) groups is 1. The van der Waals surface area contributed by atoms with Gasteiger partial charge in [0, 0.05) is 34.7 Å². The number of hydrogen-bond donors (Lipinski definition) is 14. The van der Waals surface area contributed by atoms with Crippen LogP contribution < -0.4 is 43.0 Å². The number of halogens is 9. The van der Waals surface area contributed by atoms with Gasteiger partial charge in [-0.15, -0.1) is 23.2 Å². The van der Waals surface area contributed by atoms with Crippen LogP contribution in [0.25, 0.3) is 0 Å². The molecular formula is C87H120Cl2F7N9O26. The molecule has 5 rings (SSSR count). The van der Waals surface area contributed by atoms with Crippen LogP contribution in [-0.2, 0) is 76.4 Å². The number of esters is 1. The fourth-order valence-electron chi connectivity index (χ4n) is 9.12. The Balaban J connectivity index is -0.000000726. The van der Waals surface area contributed by atoms with Crippen LogP contribution in [0, 0.1) is 29.6 Å². The second kappa shape index (κ2) is 70.7. The summed E-state index contributed by atoms with van der Waals surface area (Å²) in [5.74, 6) is -9.61. The van der Waals surface area contributed by atoms with Crippen LogP contribution >= 0.6 is 23.2 Å². The first-order valence-electron chi connectivity index (χ1n) is 40.0. The second-order valence-electron chi connectivity index (χ2n) is 29.7. The zero-order chi connectivity index (χ0) is 101. The first-order valence-corrected chi connectivity index (χ1v) is 41.1. The number of aldehydes is 1. The summed E-state index contributed by atoms with van der Waals surface area (Å²) >= 11 is 9.53. The minimum absolute atomic E-state index is 0.178. The molecule has 732 valence electrons. The van der Waals surface area contributed by atoms with Gasteiger partial charge in [0.25, 0.3) is 17.7 Å². The van der Waals surface area contributed by atoms with E-state index in [9.17, 15) is 103 Å². The zero-order valence-electron chi connectivity index (χ0n) is 74.9. The molecule has 7 amide bonds. The van der Waals surface area contributed by atoms with E-state index in [1.807, 2.05) is 30.3 Å². The van der Waals surface area contributed by atoms with Crippen molar-refractivity contribution in [1.82, 2.24) is 16.0 Å². The molecule has 0 aliphatic heterocycles. The number of benzene rings is 5. The summed E-state index contributed by atoms with van der Waals surface area (Å²) in [4.78, 5) is 171. The molecule has 131 heavy (non-hydrogen) atoms. The van der Waals surface area contributed by atoms with Crippen molar-refractivity contribution in [2.75, 3.05) is 53.3 Å². The number of carboxylic acids is 3. The maximum Gasteiger partial charge on any atom is 0.446 e. The highest BCUT2D eigenvalue weighted by molar-refractivity contribution is 6.40. The summed E-state index contributed by atoms with van der Waals surface area (Å²) in [6.07, 6.45) is -16.1. The number of nitrogens with two attached hydrogens (primary N) is 1. The number of anilines is 4. The Kier molecular flexibility index (Phi) is 67.5. The van der Waals surface area contributed by atoms with E-state index in [2.05, 4.69) is 42.2 Å². The van der Waals surface area contributed by atoms with E-state index >= 15 is 0 Å². The fraction of sp³-hybridized carbons (Fsp3) is 0.483. The lowest BCUT2D eigenvalue weighted by Gasteiger charge is -2.26. The smallest absolute Gasteiger partial charge is 0.446 e. The molecule has 0 bridgehead atoms. The fourth-order valence-corrected chi connectivity index (χ4v) is 9.12. The van der Waals surface area contributed by atoms with Crippen molar-refractivity contribution in [2.45, 2.75) is 208 Å². The molecule has 6 unspecified atom stereocenters. The van der Waals surface area contributed by atoms with Crippen LogP contribution in [0.1, 0.15) is 130 Å². The van der Waals surface area contributed by atoms with Gasteiger partial charge in [-0.05, 0) is 118 Å². The quantitative estimate of drug-likeness (QED) is 0.00337. The van der Waals surface area contributed by atoms with Crippen LogP contribution in [-0.4, -0.2) is 231 Å². The van der Waals surface area contributed by atoms with Crippen molar-refractivity contribution in [1.29, 1.82) is 0 Å². The number of nitrogens with one attached hydrogen (secondary N) is 7. The molecule has 44 heteroatoms. The Morgan fingerprint density at radius 1 is 0.458 bits per heavy atom. The summed E-state index contributed by atoms with van der Waals surface area (Å²) in [5.41, 5.74) is 7.51. The third kappa shape index (κ3) is 62.6. The highest BCUT2D eigenvalue weighted by Gasteiger charge is 2.35. The summed E-state index contributed by atoms with van der Waals surface area (Å²) in [6, 6.07) is 39.3. The van der Waals surface area contributed by atoms with Gasteiger partial charge in [0.2, 0.25) is 18.5 Å². The molecule has 0 spiro atoms. The molecule has 15 N–H and O–H groups in total. The summed E-state index contributed by atoms with van der Waals surface area (Å²) in [6.45, 7) is 20.8. The minimum Gasteiger partial charge on any atom is -0.481 e. The van der Waals surface area contributed by atoms with Gasteiger partial charge >= 0.3 is 54.4 Å². The van der Waals surface area contributed by atoms with Gasteiger partial charge in [0.15, 0.2) is 36.0 Å². The number of carboxylic acid groups (broad SMARTS) is 3. The number of nitrogens with zero attached hydrogens (tertiary/aromatic N) is 1. The highest BCUT2D eigenvalue weighted by Crippen LogP contribution is 2.19. The molecule has 0 aliphatic rings. The molecule has 35 nitrogen and oxygen atoms in total. The first-order chi connectivity index (χ1) is 61.2. The average Bonchev–Trinajstić information content (AvgIpc) is 0.863. The number of para-hydroxylation sites is 5. The lowest BCUT2D eigenvalue weighted by atomic mass is 10.0. The number of hydrogen-bond acceptors (Lipinski definition) is 25.